The van der Waals surface area contributed by atoms with Gasteiger partial charge in [0.25, 0.3) is 11.8 Å². The summed E-state index contributed by atoms with van der Waals surface area (Å²) in [4.78, 5) is 38.1. The first-order valence-corrected chi connectivity index (χ1v) is 8.39. The maximum Gasteiger partial charge on any atom is 0.335 e. The van der Waals surface area contributed by atoms with Crippen LogP contribution in [0.5, 0.6) is 11.5 Å². The molecule has 8 heteroatoms. The van der Waals surface area contributed by atoms with Gasteiger partial charge in [0.15, 0.2) is 11.5 Å². The SMILES string of the molecule is O=C1NC(=O)N(c2ccc3c(c2)OCO3)C(=O)C1=Cc1ccc(Br)cc1. The molecule has 0 atom stereocenters. The number of halogens is 1. The van der Waals surface area contributed by atoms with Gasteiger partial charge in [0, 0.05) is 10.5 Å². The zero-order valence-corrected chi connectivity index (χ0v) is 14.8. The van der Waals surface area contributed by atoms with E-state index in [0.29, 0.717) is 17.1 Å². The number of urea groups is 1. The summed E-state index contributed by atoms with van der Waals surface area (Å²) < 4.78 is 11.4. The number of hydrogen-bond donors (Lipinski definition) is 1. The summed E-state index contributed by atoms with van der Waals surface area (Å²) in [7, 11) is 0. The van der Waals surface area contributed by atoms with Crippen LogP contribution in [0.25, 0.3) is 6.08 Å². The first-order chi connectivity index (χ1) is 12.5. The fourth-order valence-corrected chi connectivity index (χ4v) is 2.91. The number of ether oxygens (including phenoxy) is 2. The Kier molecular flexibility index (Phi) is 3.96. The average Bonchev–Trinajstić information content (AvgIpc) is 3.08. The van der Waals surface area contributed by atoms with Crippen molar-refractivity contribution in [2.75, 3.05) is 11.7 Å². The van der Waals surface area contributed by atoms with Crippen molar-refractivity contribution in [3.63, 3.8) is 0 Å². The lowest BCUT2D eigenvalue weighted by molar-refractivity contribution is -0.122. The van der Waals surface area contributed by atoms with E-state index in [4.69, 9.17) is 9.47 Å². The van der Waals surface area contributed by atoms with Gasteiger partial charge >= 0.3 is 6.03 Å². The topological polar surface area (TPSA) is 84.9 Å². The molecule has 4 rings (SSSR count). The molecule has 2 aromatic rings. The lowest BCUT2D eigenvalue weighted by atomic mass is 10.1. The Hall–Kier alpha value is -3.13. The van der Waals surface area contributed by atoms with E-state index in [2.05, 4.69) is 21.2 Å². The van der Waals surface area contributed by atoms with Crippen LogP contribution in [-0.4, -0.2) is 24.6 Å². The van der Waals surface area contributed by atoms with Gasteiger partial charge in [0.1, 0.15) is 5.57 Å². The van der Waals surface area contributed by atoms with Crippen LogP contribution in [0.3, 0.4) is 0 Å². The number of barbiturate groups is 1. The third-order valence-corrected chi connectivity index (χ3v) is 4.43. The number of nitrogens with zero attached hydrogens (tertiary/aromatic N) is 1. The van der Waals surface area contributed by atoms with Gasteiger partial charge in [0.2, 0.25) is 6.79 Å². The third kappa shape index (κ3) is 2.84. The molecule has 2 aromatic carbocycles. The van der Waals surface area contributed by atoms with Gasteiger partial charge in [-0.2, -0.15) is 0 Å². The predicted octanol–water partition coefficient (Wildman–Crippen LogP) is 2.84. The second-order valence-electron chi connectivity index (χ2n) is 5.55. The van der Waals surface area contributed by atoms with Gasteiger partial charge < -0.3 is 9.47 Å². The Morgan fingerprint density at radius 3 is 2.50 bits per heavy atom. The summed E-state index contributed by atoms with van der Waals surface area (Å²) in [6, 6.07) is 10.9. The van der Waals surface area contributed by atoms with Crippen molar-refractivity contribution in [1.82, 2.24) is 5.32 Å². The molecule has 0 aliphatic carbocycles. The van der Waals surface area contributed by atoms with Gasteiger partial charge in [-0.15, -0.1) is 0 Å². The number of carbonyl (C=O) groups is 3. The maximum atomic E-state index is 12.8. The van der Waals surface area contributed by atoms with Crippen LogP contribution in [0.1, 0.15) is 5.56 Å². The average molecular weight is 415 g/mol. The summed E-state index contributed by atoms with van der Waals surface area (Å²) in [5.74, 6) is -0.487. The molecule has 0 aromatic heterocycles. The Labute approximate surface area is 156 Å². The minimum atomic E-state index is -0.813. The number of rotatable bonds is 2. The number of amides is 4. The molecule has 0 radical (unpaired) electrons. The third-order valence-electron chi connectivity index (χ3n) is 3.90. The zero-order chi connectivity index (χ0) is 18.3. The van der Waals surface area contributed by atoms with E-state index in [0.717, 1.165) is 9.37 Å². The monoisotopic (exact) mass is 414 g/mol. The van der Waals surface area contributed by atoms with Crippen molar-refractivity contribution in [3.05, 3.63) is 58.1 Å². The van der Waals surface area contributed by atoms with Crippen molar-refractivity contribution in [3.8, 4) is 11.5 Å². The van der Waals surface area contributed by atoms with Crippen LogP contribution in [0.4, 0.5) is 10.5 Å². The molecule has 2 heterocycles. The molecular weight excluding hydrogens is 404 g/mol. The lowest BCUT2D eigenvalue weighted by Gasteiger charge is -2.26. The van der Waals surface area contributed by atoms with E-state index in [1.807, 2.05) is 0 Å². The first kappa shape index (κ1) is 16.3. The number of anilines is 1. The normalized spacial score (nSPS) is 17.7. The van der Waals surface area contributed by atoms with Crippen molar-refractivity contribution in [2.24, 2.45) is 0 Å². The van der Waals surface area contributed by atoms with Crippen LogP contribution in [-0.2, 0) is 9.59 Å². The van der Waals surface area contributed by atoms with Crippen molar-refractivity contribution in [1.29, 1.82) is 0 Å². The maximum absolute atomic E-state index is 12.8. The Morgan fingerprint density at radius 2 is 1.73 bits per heavy atom. The predicted molar refractivity (Wildman–Crippen MR) is 95.7 cm³/mol. The van der Waals surface area contributed by atoms with Gasteiger partial charge in [-0.25, -0.2) is 9.69 Å². The zero-order valence-electron chi connectivity index (χ0n) is 13.2. The molecule has 2 aliphatic rings. The minimum absolute atomic E-state index is 0.0755. The van der Waals surface area contributed by atoms with Crippen LogP contribution in [0, 0.1) is 0 Å². The van der Waals surface area contributed by atoms with Crippen LogP contribution in [0.15, 0.2) is 52.5 Å². The summed E-state index contributed by atoms with van der Waals surface area (Å²) >= 11 is 3.32. The van der Waals surface area contributed by atoms with Gasteiger partial charge in [-0.05, 0) is 35.9 Å². The molecule has 7 nitrogen and oxygen atoms in total. The second-order valence-corrected chi connectivity index (χ2v) is 6.46. The van der Waals surface area contributed by atoms with Crippen LogP contribution < -0.4 is 19.7 Å². The number of carbonyl (C=O) groups excluding carboxylic acids is 3. The molecular formula is C18H11BrN2O5. The van der Waals surface area contributed by atoms with E-state index in [9.17, 15) is 14.4 Å². The Morgan fingerprint density at radius 1 is 1.00 bits per heavy atom. The molecule has 0 spiro atoms. The minimum Gasteiger partial charge on any atom is -0.454 e. The first-order valence-electron chi connectivity index (χ1n) is 7.59. The van der Waals surface area contributed by atoms with E-state index < -0.39 is 17.8 Å². The lowest BCUT2D eigenvalue weighted by Crippen LogP contribution is -2.54. The van der Waals surface area contributed by atoms with E-state index in [1.165, 1.54) is 12.1 Å². The fourth-order valence-electron chi connectivity index (χ4n) is 2.64. The molecule has 130 valence electrons. The quantitative estimate of drug-likeness (QED) is 0.603. The molecule has 1 saturated heterocycles. The molecule has 4 amide bonds. The molecule has 0 unspecified atom stereocenters. The fraction of sp³-hybridized carbons (Fsp3) is 0.0556. The van der Waals surface area contributed by atoms with Crippen LogP contribution >= 0.6 is 15.9 Å². The highest BCUT2D eigenvalue weighted by molar-refractivity contribution is 9.10. The van der Waals surface area contributed by atoms with Gasteiger partial charge in [0.05, 0.1) is 5.69 Å². The molecule has 0 saturated carbocycles. The van der Waals surface area contributed by atoms with Crippen molar-refractivity contribution < 1.29 is 23.9 Å². The molecule has 1 N–H and O–H groups in total. The molecule has 2 aliphatic heterocycles. The highest BCUT2D eigenvalue weighted by Crippen LogP contribution is 2.36. The van der Waals surface area contributed by atoms with Crippen LogP contribution in [0.2, 0.25) is 0 Å². The smallest absolute Gasteiger partial charge is 0.335 e. The second kappa shape index (κ2) is 6.30. The summed E-state index contributed by atoms with van der Waals surface area (Å²) in [6.45, 7) is 0.0755. The number of fused-ring (bicyclic) bond motifs is 1. The summed E-state index contributed by atoms with van der Waals surface area (Å²) in [6.07, 6.45) is 1.44. The number of hydrogen-bond acceptors (Lipinski definition) is 5. The van der Waals surface area contributed by atoms with E-state index in [1.54, 1.807) is 36.4 Å². The van der Waals surface area contributed by atoms with Gasteiger partial charge in [-0.3, -0.25) is 14.9 Å². The van der Waals surface area contributed by atoms with Crippen molar-refractivity contribution in [2.45, 2.75) is 0 Å². The number of benzene rings is 2. The van der Waals surface area contributed by atoms with Gasteiger partial charge in [-0.1, -0.05) is 28.1 Å². The molecule has 26 heavy (non-hydrogen) atoms. The highest BCUT2D eigenvalue weighted by atomic mass is 79.9. The summed E-state index contributed by atoms with van der Waals surface area (Å²) in [5.41, 5.74) is 0.808. The Bertz CT molecular complexity index is 968. The summed E-state index contributed by atoms with van der Waals surface area (Å²) in [5, 5.41) is 2.19. The number of nitrogens with one attached hydrogen (secondary N) is 1. The highest BCUT2D eigenvalue weighted by Gasteiger charge is 2.37. The van der Waals surface area contributed by atoms with Crippen molar-refractivity contribution >= 4 is 45.5 Å². The largest absolute Gasteiger partial charge is 0.454 e. The Balaban J connectivity index is 1.71. The van der Waals surface area contributed by atoms with E-state index in [-0.39, 0.29) is 18.1 Å². The molecule has 0 bridgehead atoms. The molecule has 1 fully saturated rings. The van der Waals surface area contributed by atoms with E-state index >= 15 is 0 Å². The standard InChI is InChI=1S/C18H11BrN2O5/c19-11-3-1-10(2-4-11)7-13-16(22)20-18(24)21(17(13)23)12-5-6-14-15(8-12)26-9-25-14/h1-8H,9H2,(H,20,22,24). The number of imide groups is 2.